The van der Waals surface area contributed by atoms with Gasteiger partial charge in [-0.05, 0) is 37.9 Å². The molecule has 1 aliphatic heterocycles. The van der Waals surface area contributed by atoms with Crippen molar-refractivity contribution < 1.29 is 24.4 Å². The van der Waals surface area contributed by atoms with Gasteiger partial charge in [0.15, 0.2) is 0 Å². The van der Waals surface area contributed by atoms with Crippen molar-refractivity contribution in [3.8, 4) is 0 Å². The van der Waals surface area contributed by atoms with E-state index in [2.05, 4.69) is 0 Å². The summed E-state index contributed by atoms with van der Waals surface area (Å²) in [5, 5.41) is 18.7. The second-order valence-corrected chi connectivity index (χ2v) is 7.20. The number of methoxy groups -OCH3 is 1. The van der Waals surface area contributed by atoms with Crippen LogP contribution in [0.4, 0.5) is 0 Å². The molecule has 0 radical (unpaired) electrons. The zero-order valence-corrected chi connectivity index (χ0v) is 15.2. The van der Waals surface area contributed by atoms with Gasteiger partial charge in [0.25, 0.3) is 6.92 Å². The maximum atomic E-state index is 11.5. The third-order valence-electron chi connectivity index (χ3n) is 5.11. The van der Waals surface area contributed by atoms with Gasteiger partial charge in [-0.1, -0.05) is 32.5 Å². The minimum atomic E-state index is -1.14. The topological polar surface area (TPSA) is 102 Å². The van der Waals surface area contributed by atoms with Crippen molar-refractivity contribution in [3.63, 3.8) is 0 Å². The summed E-state index contributed by atoms with van der Waals surface area (Å²) in [6, 6.07) is 0. The van der Waals surface area contributed by atoms with E-state index in [0.29, 0.717) is 31.7 Å². The van der Waals surface area contributed by atoms with Crippen LogP contribution < -0.4 is 5.73 Å². The average Bonchev–Trinajstić information content (AvgIpc) is 2.55. The van der Waals surface area contributed by atoms with E-state index >= 15 is 0 Å². The highest BCUT2D eigenvalue weighted by Crippen LogP contribution is 2.26. The van der Waals surface area contributed by atoms with E-state index in [4.69, 9.17) is 15.2 Å². The Morgan fingerprint density at radius 3 is 2.58 bits per heavy atom. The fraction of sp³-hybridized carbons (Fsp3) is 0.941. The average molecular weight is 343 g/mol. The number of ether oxygens (including phenoxy) is 2. The van der Waals surface area contributed by atoms with Gasteiger partial charge < -0.3 is 25.3 Å². The van der Waals surface area contributed by atoms with Crippen molar-refractivity contribution in [1.82, 2.24) is 0 Å². The summed E-state index contributed by atoms with van der Waals surface area (Å²) in [6.07, 6.45) is 7.16. The molecule has 0 aromatic heterocycles. The molecule has 140 valence electrons. The van der Waals surface area contributed by atoms with Crippen molar-refractivity contribution in [2.24, 2.45) is 11.7 Å². The van der Waals surface area contributed by atoms with E-state index in [1.54, 1.807) is 13.9 Å². The zero-order chi connectivity index (χ0) is 18.0. The van der Waals surface area contributed by atoms with E-state index in [1.165, 1.54) is 0 Å². The maximum absolute atomic E-state index is 11.5. The predicted octanol–water partition coefficient (Wildman–Crippen LogP) is 2.16. The normalized spacial score (nSPS) is 23.7. The monoisotopic (exact) mass is 343 g/mol. The third kappa shape index (κ3) is 7.51. The van der Waals surface area contributed by atoms with Crippen LogP contribution in [0.5, 0.6) is 0 Å². The Balaban J connectivity index is 2.30. The van der Waals surface area contributed by atoms with E-state index in [-0.39, 0.29) is 13.0 Å². The maximum Gasteiger partial charge on any atom is 0.323 e. The minimum absolute atomic E-state index is 0.154. The van der Waals surface area contributed by atoms with Gasteiger partial charge in [-0.3, -0.25) is 4.79 Å². The summed E-state index contributed by atoms with van der Waals surface area (Å²) in [5.41, 5.74) is 4.98. The lowest BCUT2D eigenvalue weighted by Crippen LogP contribution is -2.47. The van der Waals surface area contributed by atoms with Crippen LogP contribution in [0.25, 0.3) is 0 Å². The lowest BCUT2D eigenvalue weighted by atomic mass is 9.66. The first-order valence-electron chi connectivity index (χ1n) is 9.20. The standard InChI is InChI=1S/C17H34BNO5/c1-18(22)11-6-5-10-17(19,16(20)21)9-4-3-7-14-8-12-24-13-15(14)23-2/h14-15,22H,3-13,19H2,1-2H3,(H,20,21)/t14?,15-,17?/m0/s1. The summed E-state index contributed by atoms with van der Waals surface area (Å²) in [6.45, 7) is 2.84. The van der Waals surface area contributed by atoms with Crippen LogP contribution in [0.3, 0.4) is 0 Å². The summed E-state index contributed by atoms with van der Waals surface area (Å²) in [5.74, 6) is -0.424. The van der Waals surface area contributed by atoms with Crippen LogP contribution in [0.1, 0.15) is 51.4 Å². The first kappa shape index (κ1) is 21.4. The number of aliphatic carboxylic acids is 1. The molecular weight excluding hydrogens is 309 g/mol. The highest BCUT2D eigenvalue weighted by atomic mass is 16.5. The first-order valence-corrected chi connectivity index (χ1v) is 9.20. The van der Waals surface area contributed by atoms with Gasteiger partial charge in [-0.25, -0.2) is 0 Å². The molecule has 1 fully saturated rings. The molecule has 0 spiro atoms. The van der Waals surface area contributed by atoms with Gasteiger partial charge in [0.1, 0.15) is 5.54 Å². The quantitative estimate of drug-likeness (QED) is 0.371. The number of unbranched alkanes of at least 4 members (excludes halogenated alkanes) is 2. The zero-order valence-electron chi connectivity index (χ0n) is 15.2. The summed E-state index contributed by atoms with van der Waals surface area (Å²) in [4.78, 5) is 11.5. The molecule has 6 nitrogen and oxygen atoms in total. The molecule has 0 bridgehead atoms. The number of nitrogens with two attached hydrogens (primary N) is 1. The number of carbonyl (C=O) groups is 1. The number of hydrogen-bond acceptors (Lipinski definition) is 5. The summed E-state index contributed by atoms with van der Waals surface area (Å²) < 4.78 is 10.9. The largest absolute Gasteiger partial charge is 0.480 e. The Bertz CT molecular complexity index is 369. The summed E-state index contributed by atoms with van der Waals surface area (Å²) >= 11 is 0. The molecule has 2 unspecified atom stereocenters. The SMILES string of the molecule is CO[C@H]1COCCC1CCCCC(N)(CCCCB(C)O)C(=O)O. The van der Waals surface area contributed by atoms with Gasteiger partial charge in [-0.15, -0.1) is 0 Å². The Kier molecular flexibility index (Phi) is 9.89. The molecule has 24 heavy (non-hydrogen) atoms. The minimum Gasteiger partial charge on any atom is -0.480 e. The van der Waals surface area contributed by atoms with Crippen LogP contribution in [0.2, 0.25) is 13.1 Å². The Morgan fingerprint density at radius 1 is 1.33 bits per heavy atom. The molecule has 1 rings (SSSR count). The van der Waals surface area contributed by atoms with Crippen molar-refractivity contribution in [1.29, 1.82) is 0 Å². The molecule has 0 aromatic rings. The second kappa shape index (κ2) is 11.1. The fourth-order valence-electron chi connectivity index (χ4n) is 3.41. The van der Waals surface area contributed by atoms with Crippen LogP contribution in [0, 0.1) is 5.92 Å². The highest BCUT2D eigenvalue weighted by molar-refractivity contribution is 6.48. The van der Waals surface area contributed by atoms with E-state index in [0.717, 1.165) is 45.1 Å². The second-order valence-electron chi connectivity index (χ2n) is 7.20. The highest BCUT2D eigenvalue weighted by Gasteiger charge is 2.33. The van der Waals surface area contributed by atoms with Gasteiger partial charge in [-0.2, -0.15) is 0 Å². The van der Waals surface area contributed by atoms with Crippen molar-refractivity contribution >= 4 is 12.9 Å². The van der Waals surface area contributed by atoms with E-state index < -0.39 is 11.5 Å². The molecule has 4 N–H and O–H groups in total. The number of carboxylic acids is 1. The van der Waals surface area contributed by atoms with Crippen LogP contribution in [-0.2, 0) is 14.3 Å². The van der Waals surface area contributed by atoms with Gasteiger partial charge >= 0.3 is 5.97 Å². The van der Waals surface area contributed by atoms with E-state index in [9.17, 15) is 14.9 Å². The van der Waals surface area contributed by atoms with Gasteiger partial charge in [0.2, 0.25) is 0 Å². The third-order valence-corrected chi connectivity index (χ3v) is 5.11. The number of hydrogen-bond donors (Lipinski definition) is 3. The Morgan fingerprint density at radius 2 is 2.00 bits per heavy atom. The molecule has 0 amide bonds. The smallest absolute Gasteiger partial charge is 0.323 e. The Hall–Kier alpha value is -0.625. The van der Waals surface area contributed by atoms with Gasteiger partial charge in [0, 0.05) is 13.7 Å². The number of carboxylic acid groups (broad SMARTS) is 1. The lowest BCUT2D eigenvalue weighted by Gasteiger charge is -2.31. The van der Waals surface area contributed by atoms with Crippen molar-refractivity contribution in [3.05, 3.63) is 0 Å². The van der Waals surface area contributed by atoms with Crippen LogP contribution >= 0.6 is 0 Å². The number of rotatable bonds is 12. The first-order chi connectivity index (χ1) is 11.4. The van der Waals surface area contributed by atoms with Crippen LogP contribution in [0.15, 0.2) is 0 Å². The van der Waals surface area contributed by atoms with Gasteiger partial charge in [0.05, 0.1) is 12.7 Å². The molecular formula is C17H34BNO5. The molecule has 0 aliphatic carbocycles. The van der Waals surface area contributed by atoms with Crippen LogP contribution in [-0.4, -0.2) is 55.0 Å². The summed E-state index contributed by atoms with van der Waals surface area (Å²) in [7, 11) is 1.72. The fourth-order valence-corrected chi connectivity index (χ4v) is 3.41. The van der Waals surface area contributed by atoms with Crippen molar-refractivity contribution in [2.45, 2.75) is 76.2 Å². The van der Waals surface area contributed by atoms with Crippen molar-refractivity contribution in [2.75, 3.05) is 20.3 Å². The predicted molar refractivity (Wildman–Crippen MR) is 95.2 cm³/mol. The molecule has 0 aromatic carbocycles. The molecule has 1 saturated heterocycles. The molecule has 3 atom stereocenters. The molecule has 7 heteroatoms. The molecule has 1 aliphatic rings. The lowest BCUT2D eigenvalue weighted by molar-refractivity contribution is -0.144. The molecule has 1 heterocycles. The Labute approximate surface area is 146 Å². The molecule has 0 saturated carbocycles. The van der Waals surface area contributed by atoms with E-state index in [1.807, 2.05) is 0 Å².